The average Bonchev–Trinajstić information content (AvgIpc) is 3.26. The van der Waals surface area contributed by atoms with E-state index in [9.17, 15) is 17.9 Å². The number of aliphatic hydroxyl groups is 1. The molecule has 0 unspecified atom stereocenters. The zero-order chi connectivity index (χ0) is 20.5. The highest BCUT2D eigenvalue weighted by atomic mass is 32.2. The number of sulfonamides is 1. The molecule has 1 aliphatic heterocycles. The fourth-order valence-electron chi connectivity index (χ4n) is 4.12. The fraction of sp³-hybridized carbons (Fsp3) is 0.217. The molecule has 4 nitrogen and oxygen atoms in total. The van der Waals surface area contributed by atoms with Gasteiger partial charge in [-0.3, -0.25) is 0 Å². The number of hydrogen-bond acceptors (Lipinski definition) is 3. The van der Waals surface area contributed by atoms with E-state index in [-0.39, 0.29) is 4.90 Å². The van der Waals surface area contributed by atoms with Gasteiger partial charge in [0.2, 0.25) is 10.0 Å². The van der Waals surface area contributed by atoms with Crippen LogP contribution in [0.5, 0.6) is 0 Å². The van der Waals surface area contributed by atoms with Crippen LogP contribution in [0.4, 0.5) is 4.39 Å². The van der Waals surface area contributed by atoms with Gasteiger partial charge in [-0.1, -0.05) is 60.7 Å². The van der Waals surface area contributed by atoms with Gasteiger partial charge in [0.05, 0.1) is 10.9 Å². The lowest BCUT2D eigenvalue weighted by molar-refractivity contribution is 0.0204. The van der Waals surface area contributed by atoms with E-state index >= 15 is 0 Å². The van der Waals surface area contributed by atoms with Crippen molar-refractivity contribution in [1.82, 2.24) is 4.31 Å². The minimum Gasteiger partial charge on any atom is -0.379 e. The lowest BCUT2D eigenvalue weighted by atomic mass is 9.79. The normalized spacial score (nSPS) is 18.1. The Bertz CT molecular complexity index is 1030. The molecule has 1 saturated heterocycles. The van der Waals surface area contributed by atoms with E-state index in [0.717, 1.165) is 12.1 Å². The van der Waals surface area contributed by atoms with Gasteiger partial charge >= 0.3 is 0 Å². The number of hydrogen-bond donors (Lipinski definition) is 1. The number of nitrogens with zero attached hydrogens (tertiary/aromatic N) is 1. The van der Waals surface area contributed by atoms with Crippen molar-refractivity contribution in [3.63, 3.8) is 0 Å². The highest BCUT2D eigenvalue weighted by Gasteiger charge is 2.49. The lowest BCUT2D eigenvalue weighted by Gasteiger charge is -2.39. The van der Waals surface area contributed by atoms with Crippen LogP contribution in [-0.4, -0.2) is 30.4 Å². The molecule has 29 heavy (non-hydrogen) atoms. The third-order valence-corrected chi connectivity index (χ3v) is 7.46. The molecule has 6 heteroatoms. The maximum absolute atomic E-state index is 13.4. The predicted octanol–water partition coefficient (Wildman–Crippen LogP) is 3.91. The van der Waals surface area contributed by atoms with Crippen LogP contribution in [-0.2, 0) is 15.6 Å². The third-order valence-electron chi connectivity index (χ3n) is 5.53. The number of halogens is 1. The molecular formula is C23H22FNO3S. The van der Waals surface area contributed by atoms with Crippen molar-refractivity contribution < 1.29 is 17.9 Å². The summed E-state index contributed by atoms with van der Waals surface area (Å²) < 4.78 is 41.4. The average molecular weight is 411 g/mol. The molecule has 0 bridgehead atoms. The highest BCUT2D eigenvalue weighted by molar-refractivity contribution is 7.89. The first-order valence-electron chi connectivity index (χ1n) is 9.55. The van der Waals surface area contributed by atoms with Crippen LogP contribution in [0, 0.1) is 5.82 Å². The molecule has 0 amide bonds. The second kappa shape index (κ2) is 7.71. The Labute approximate surface area is 170 Å². The lowest BCUT2D eigenvalue weighted by Crippen LogP contribution is -2.50. The molecule has 0 aromatic heterocycles. The van der Waals surface area contributed by atoms with Crippen LogP contribution in [0.15, 0.2) is 89.8 Å². The molecule has 0 aliphatic carbocycles. The van der Waals surface area contributed by atoms with Gasteiger partial charge in [-0.05, 0) is 48.2 Å². The van der Waals surface area contributed by atoms with Crippen LogP contribution >= 0.6 is 0 Å². The summed E-state index contributed by atoms with van der Waals surface area (Å²) in [6.07, 6.45) is 1.15. The van der Waals surface area contributed by atoms with Crippen LogP contribution in [0.1, 0.15) is 24.0 Å². The molecule has 1 aliphatic rings. The molecule has 1 N–H and O–H groups in total. The van der Waals surface area contributed by atoms with Gasteiger partial charge in [-0.2, -0.15) is 4.31 Å². The van der Waals surface area contributed by atoms with Crippen molar-refractivity contribution in [3.05, 3.63) is 102 Å². The first-order chi connectivity index (χ1) is 13.9. The van der Waals surface area contributed by atoms with Crippen molar-refractivity contribution in [2.45, 2.75) is 29.4 Å². The molecule has 150 valence electrons. The molecular weight excluding hydrogens is 389 g/mol. The zero-order valence-corrected chi connectivity index (χ0v) is 16.6. The molecule has 3 aromatic carbocycles. The van der Waals surface area contributed by atoms with Gasteiger partial charge in [0.25, 0.3) is 0 Å². The fourth-order valence-corrected chi connectivity index (χ4v) is 5.84. The summed E-state index contributed by atoms with van der Waals surface area (Å²) in [6, 6.07) is 22.4. The molecule has 1 heterocycles. The van der Waals surface area contributed by atoms with E-state index in [1.807, 2.05) is 60.7 Å². The summed E-state index contributed by atoms with van der Waals surface area (Å²) in [5.74, 6) is -0.494. The Balaban J connectivity index is 1.83. The first kappa shape index (κ1) is 19.8. The molecule has 1 fully saturated rings. The molecule has 0 saturated carbocycles. The predicted molar refractivity (Wildman–Crippen MR) is 109 cm³/mol. The van der Waals surface area contributed by atoms with Gasteiger partial charge < -0.3 is 5.11 Å². The second-order valence-corrected chi connectivity index (χ2v) is 9.12. The van der Waals surface area contributed by atoms with Crippen LogP contribution in [0.25, 0.3) is 0 Å². The number of rotatable bonds is 5. The van der Waals surface area contributed by atoms with Gasteiger partial charge in [0.1, 0.15) is 11.4 Å². The standard InChI is InChI=1S/C23H22FNO3S/c24-20-13-15-21(16-14-20)29(27,28)25-17-7-12-22(25)23(26,18-8-3-1-4-9-18)19-10-5-2-6-11-19/h1-6,8-11,13-16,22,26H,7,12,17H2/t22-/m0/s1. The SMILES string of the molecule is O=S(=O)(c1ccc(F)cc1)N1CCC[C@H]1C(O)(c1ccccc1)c1ccccc1. The summed E-state index contributed by atoms with van der Waals surface area (Å²) in [5.41, 5.74) is -0.235. The molecule has 0 radical (unpaired) electrons. The minimum absolute atomic E-state index is 0.0225. The molecule has 1 atom stereocenters. The van der Waals surface area contributed by atoms with E-state index in [0.29, 0.717) is 30.5 Å². The molecule has 0 spiro atoms. The monoisotopic (exact) mass is 411 g/mol. The van der Waals surface area contributed by atoms with Gasteiger partial charge in [-0.25, -0.2) is 12.8 Å². The topological polar surface area (TPSA) is 57.6 Å². The van der Waals surface area contributed by atoms with E-state index < -0.39 is 27.5 Å². The number of benzene rings is 3. The summed E-state index contributed by atoms with van der Waals surface area (Å²) in [7, 11) is -3.90. The summed E-state index contributed by atoms with van der Waals surface area (Å²) in [4.78, 5) is 0.0225. The summed E-state index contributed by atoms with van der Waals surface area (Å²) in [5, 5.41) is 12.0. The minimum atomic E-state index is -3.90. The maximum Gasteiger partial charge on any atom is 0.243 e. The van der Waals surface area contributed by atoms with E-state index in [1.54, 1.807) is 0 Å². The molecule has 3 aromatic rings. The van der Waals surface area contributed by atoms with E-state index in [1.165, 1.54) is 16.4 Å². The highest BCUT2D eigenvalue weighted by Crippen LogP contribution is 2.42. The van der Waals surface area contributed by atoms with E-state index in [4.69, 9.17) is 0 Å². The van der Waals surface area contributed by atoms with Crippen molar-refractivity contribution >= 4 is 10.0 Å². The van der Waals surface area contributed by atoms with E-state index in [2.05, 4.69) is 0 Å². The van der Waals surface area contributed by atoms with Crippen molar-refractivity contribution in [1.29, 1.82) is 0 Å². The first-order valence-corrected chi connectivity index (χ1v) is 11.0. The Morgan fingerprint density at radius 3 is 1.90 bits per heavy atom. The van der Waals surface area contributed by atoms with Crippen LogP contribution in [0.3, 0.4) is 0 Å². The Morgan fingerprint density at radius 1 is 0.862 bits per heavy atom. The Kier molecular flexibility index (Phi) is 5.25. The zero-order valence-electron chi connectivity index (χ0n) is 15.8. The van der Waals surface area contributed by atoms with Crippen molar-refractivity contribution in [3.8, 4) is 0 Å². The summed E-state index contributed by atoms with van der Waals surface area (Å²) in [6.45, 7) is 0.298. The summed E-state index contributed by atoms with van der Waals surface area (Å²) >= 11 is 0. The third kappa shape index (κ3) is 3.48. The van der Waals surface area contributed by atoms with Crippen molar-refractivity contribution in [2.24, 2.45) is 0 Å². The smallest absolute Gasteiger partial charge is 0.243 e. The van der Waals surface area contributed by atoms with Gasteiger partial charge in [0, 0.05) is 6.54 Å². The Hall–Kier alpha value is -2.54. The second-order valence-electron chi connectivity index (χ2n) is 7.23. The molecule has 4 rings (SSSR count). The van der Waals surface area contributed by atoms with Gasteiger partial charge in [0.15, 0.2) is 0 Å². The largest absolute Gasteiger partial charge is 0.379 e. The van der Waals surface area contributed by atoms with Crippen LogP contribution < -0.4 is 0 Å². The maximum atomic E-state index is 13.4. The van der Waals surface area contributed by atoms with Gasteiger partial charge in [-0.15, -0.1) is 0 Å². The van der Waals surface area contributed by atoms with Crippen molar-refractivity contribution in [2.75, 3.05) is 6.54 Å². The quantitative estimate of drug-likeness (QED) is 0.692. The van der Waals surface area contributed by atoms with Crippen LogP contribution in [0.2, 0.25) is 0 Å². The Morgan fingerprint density at radius 2 is 1.38 bits per heavy atom.